The minimum atomic E-state index is -0.216. The van der Waals surface area contributed by atoms with E-state index in [9.17, 15) is 4.79 Å². The molecule has 0 saturated heterocycles. The molecule has 0 bridgehead atoms. The molecule has 1 amide bonds. The molecule has 0 fully saturated rings. The second kappa shape index (κ2) is 5.35. The Hall–Kier alpha value is -2.30. The highest BCUT2D eigenvalue weighted by Gasteiger charge is 2.11. The van der Waals surface area contributed by atoms with E-state index in [1.54, 1.807) is 0 Å². The van der Waals surface area contributed by atoms with Crippen molar-refractivity contribution in [2.75, 3.05) is 5.73 Å². The lowest BCUT2D eigenvalue weighted by molar-refractivity contribution is 0.0952. The number of aromatic amines is 1. The van der Waals surface area contributed by atoms with Crippen molar-refractivity contribution in [1.82, 2.24) is 15.5 Å². The standard InChI is InChI=1S/C13H16N4O/c1-2-9-5-3-4-6-10(9)7-15-13(18)11-8-16-17-12(11)14/h3-6,8H,2,7H2,1H3,(H,15,18)(H3,14,16,17). The van der Waals surface area contributed by atoms with Crippen molar-refractivity contribution in [3.8, 4) is 0 Å². The maximum atomic E-state index is 11.8. The Bertz CT molecular complexity index is 547. The van der Waals surface area contributed by atoms with Gasteiger partial charge in [0.2, 0.25) is 0 Å². The highest BCUT2D eigenvalue weighted by Crippen LogP contribution is 2.10. The predicted octanol–water partition coefficient (Wildman–Crippen LogP) is 1.48. The topological polar surface area (TPSA) is 83.8 Å². The number of amides is 1. The Morgan fingerprint density at radius 3 is 2.72 bits per heavy atom. The number of nitrogen functional groups attached to an aromatic ring is 1. The summed E-state index contributed by atoms with van der Waals surface area (Å²) in [6.45, 7) is 2.59. The molecule has 5 nitrogen and oxygen atoms in total. The number of rotatable bonds is 4. The molecule has 0 aliphatic carbocycles. The summed E-state index contributed by atoms with van der Waals surface area (Å²) in [5.41, 5.74) is 8.32. The minimum Gasteiger partial charge on any atom is -0.383 e. The molecule has 2 aromatic rings. The smallest absolute Gasteiger partial charge is 0.256 e. The molecule has 2 rings (SSSR count). The van der Waals surface area contributed by atoms with Crippen molar-refractivity contribution in [3.63, 3.8) is 0 Å². The first-order valence-electron chi connectivity index (χ1n) is 5.86. The van der Waals surface area contributed by atoms with Crippen LogP contribution in [0.1, 0.15) is 28.4 Å². The number of aromatic nitrogens is 2. The SMILES string of the molecule is CCc1ccccc1CNC(=O)c1cn[nH]c1N. The maximum Gasteiger partial charge on any atom is 0.256 e. The van der Waals surface area contributed by atoms with Crippen molar-refractivity contribution >= 4 is 11.7 Å². The zero-order valence-electron chi connectivity index (χ0n) is 10.2. The number of nitrogens with one attached hydrogen (secondary N) is 2. The van der Waals surface area contributed by atoms with Crippen molar-refractivity contribution < 1.29 is 4.79 Å². The van der Waals surface area contributed by atoms with Gasteiger partial charge < -0.3 is 11.1 Å². The van der Waals surface area contributed by atoms with E-state index in [4.69, 9.17) is 5.73 Å². The van der Waals surface area contributed by atoms with Crippen LogP contribution in [0.15, 0.2) is 30.5 Å². The summed E-state index contributed by atoms with van der Waals surface area (Å²) in [4.78, 5) is 11.8. The summed E-state index contributed by atoms with van der Waals surface area (Å²) in [6.07, 6.45) is 2.37. The number of hydrogen-bond acceptors (Lipinski definition) is 3. The molecule has 94 valence electrons. The third-order valence-corrected chi connectivity index (χ3v) is 2.85. The van der Waals surface area contributed by atoms with Gasteiger partial charge in [-0.25, -0.2) is 0 Å². The first kappa shape index (κ1) is 12.2. The van der Waals surface area contributed by atoms with Gasteiger partial charge in [0.05, 0.1) is 6.20 Å². The lowest BCUT2D eigenvalue weighted by Gasteiger charge is -2.08. The molecule has 1 aromatic heterocycles. The Kier molecular flexibility index (Phi) is 3.62. The molecule has 0 unspecified atom stereocenters. The number of carbonyl (C=O) groups excluding carboxylic acids is 1. The lowest BCUT2D eigenvalue weighted by Crippen LogP contribution is -2.23. The van der Waals surface area contributed by atoms with Gasteiger partial charge in [-0.15, -0.1) is 0 Å². The molecule has 1 aromatic carbocycles. The Labute approximate surface area is 105 Å². The summed E-state index contributed by atoms with van der Waals surface area (Å²) in [6, 6.07) is 8.04. The molecule has 4 N–H and O–H groups in total. The highest BCUT2D eigenvalue weighted by molar-refractivity contribution is 5.98. The van der Waals surface area contributed by atoms with Gasteiger partial charge in [0.15, 0.2) is 0 Å². The van der Waals surface area contributed by atoms with Crippen molar-refractivity contribution in [2.45, 2.75) is 19.9 Å². The monoisotopic (exact) mass is 244 g/mol. The van der Waals surface area contributed by atoms with Crippen LogP contribution in [0.3, 0.4) is 0 Å². The summed E-state index contributed by atoms with van der Waals surface area (Å²) in [5.74, 6) is 0.0726. The van der Waals surface area contributed by atoms with Crippen molar-refractivity contribution in [3.05, 3.63) is 47.2 Å². The fourth-order valence-corrected chi connectivity index (χ4v) is 1.82. The number of hydrogen-bond donors (Lipinski definition) is 3. The van der Waals surface area contributed by atoms with Crippen LogP contribution in [-0.4, -0.2) is 16.1 Å². The zero-order chi connectivity index (χ0) is 13.0. The number of nitrogens with zero attached hydrogens (tertiary/aromatic N) is 1. The van der Waals surface area contributed by atoms with Crippen LogP contribution < -0.4 is 11.1 Å². The molecule has 0 saturated carbocycles. The second-order valence-corrected chi connectivity index (χ2v) is 4.00. The maximum absolute atomic E-state index is 11.8. The number of aryl methyl sites for hydroxylation is 1. The van der Waals surface area contributed by atoms with Crippen LogP contribution in [0.5, 0.6) is 0 Å². The quantitative estimate of drug-likeness (QED) is 0.761. The van der Waals surface area contributed by atoms with Gasteiger partial charge in [-0.05, 0) is 17.5 Å². The van der Waals surface area contributed by atoms with Gasteiger partial charge in [-0.3, -0.25) is 9.89 Å². The van der Waals surface area contributed by atoms with E-state index < -0.39 is 0 Å². The third kappa shape index (κ3) is 2.51. The van der Waals surface area contributed by atoms with Crippen LogP contribution in [0.25, 0.3) is 0 Å². The van der Waals surface area contributed by atoms with Crippen LogP contribution in [0.2, 0.25) is 0 Å². The Morgan fingerprint density at radius 1 is 1.39 bits per heavy atom. The third-order valence-electron chi connectivity index (χ3n) is 2.85. The molecule has 0 atom stereocenters. The number of carbonyl (C=O) groups is 1. The molecular weight excluding hydrogens is 228 g/mol. The van der Waals surface area contributed by atoms with Crippen LogP contribution in [0.4, 0.5) is 5.82 Å². The van der Waals surface area contributed by atoms with E-state index in [0.717, 1.165) is 12.0 Å². The molecular formula is C13H16N4O. The van der Waals surface area contributed by atoms with E-state index in [0.29, 0.717) is 12.1 Å². The molecule has 18 heavy (non-hydrogen) atoms. The second-order valence-electron chi connectivity index (χ2n) is 4.00. The number of nitrogens with two attached hydrogens (primary N) is 1. The van der Waals surface area contributed by atoms with E-state index in [2.05, 4.69) is 28.5 Å². The molecule has 0 aliphatic heterocycles. The van der Waals surface area contributed by atoms with Crippen LogP contribution in [-0.2, 0) is 13.0 Å². The van der Waals surface area contributed by atoms with Gasteiger partial charge in [-0.2, -0.15) is 5.10 Å². The van der Waals surface area contributed by atoms with Gasteiger partial charge in [0.1, 0.15) is 11.4 Å². The molecule has 0 aliphatic rings. The minimum absolute atomic E-state index is 0.216. The molecule has 0 radical (unpaired) electrons. The lowest BCUT2D eigenvalue weighted by atomic mass is 10.1. The van der Waals surface area contributed by atoms with E-state index in [1.807, 2.05) is 18.2 Å². The highest BCUT2D eigenvalue weighted by atomic mass is 16.1. The number of H-pyrrole nitrogens is 1. The summed E-state index contributed by atoms with van der Waals surface area (Å²) in [5, 5.41) is 9.10. The van der Waals surface area contributed by atoms with Crippen LogP contribution in [0, 0.1) is 0 Å². The van der Waals surface area contributed by atoms with Crippen molar-refractivity contribution in [2.24, 2.45) is 0 Å². The van der Waals surface area contributed by atoms with Crippen molar-refractivity contribution in [1.29, 1.82) is 0 Å². The first-order chi connectivity index (χ1) is 8.72. The van der Waals surface area contributed by atoms with Crippen LogP contribution >= 0.6 is 0 Å². The van der Waals surface area contributed by atoms with Gasteiger partial charge in [0, 0.05) is 6.54 Å². The fraction of sp³-hybridized carbons (Fsp3) is 0.231. The summed E-state index contributed by atoms with van der Waals surface area (Å²) in [7, 11) is 0. The number of anilines is 1. The zero-order valence-corrected chi connectivity index (χ0v) is 10.2. The Balaban J connectivity index is 2.04. The molecule has 0 spiro atoms. The molecule has 1 heterocycles. The number of benzene rings is 1. The summed E-state index contributed by atoms with van der Waals surface area (Å²) >= 11 is 0. The predicted molar refractivity (Wildman–Crippen MR) is 70.0 cm³/mol. The van der Waals surface area contributed by atoms with E-state index in [1.165, 1.54) is 11.8 Å². The normalized spacial score (nSPS) is 10.3. The van der Waals surface area contributed by atoms with Gasteiger partial charge in [-0.1, -0.05) is 31.2 Å². The largest absolute Gasteiger partial charge is 0.383 e. The van der Waals surface area contributed by atoms with Gasteiger partial charge in [0.25, 0.3) is 5.91 Å². The van der Waals surface area contributed by atoms with E-state index in [-0.39, 0.29) is 11.7 Å². The average Bonchev–Trinajstić information content (AvgIpc) is 2.82. The Morgan fingerprint density at radius 2 is 2.11 bits per heavy atom. The average molecular weight is 244 g/mol. The fourth-order valence-electron chi connectivity index (χ4n) is 1.82. The van der Waals surface area contributed by atoms with E-state index >= 15 is 0 Å². The molecule has 5 heteroatoms. The van der Waals surface area contributed by atoms with Gasteiger partial charge >= 0.3 is 0 Å². The first-order valence-corrected chi connectivity index (χ1v) is 5.86. The summed E-state index contributed by atoms with van der Waals surface area (Å²) < 4.78 is 0.